The molecular formula is C7H6AgN4O2+. The number of benzene rings is 1. The quantitative estimate of drug-likeness (QED) is 0.484. The van der Waals surface area contributed by atoms with Crippen molar-refractivity contribution in [3.63, 3.8) is 0 Å². The predicted octanol–water partition coefficient (Wildman–Crippen LogP) is 1.17. The second-order valence-corrected chi connectivity index (χ2v) is 2.71. The number of aryl methyl sites for hydroxylation is 1. The molecule has 0 aliphatic heterocycles. The summed E-state index contributed by atoms with van der Waals surface area (Å²) in [6.45, 7) is 1.67. The van der Waals surface area contributed by atoms with Crippen LogP contribution < -0.4 is 0 Å². The molecule has 0 bridgehead atoms. The Morgan fingerprint density at radius 2 is 1.93 bits per heavy atom. The van der Waals surface area contributed by atoms with Crippen LogP contribution in [-0.2, 0) is 22.4 Å². The maximum atomic E-state index is 10.5. The topological polar surface area (TPSA) is 84.7 Å². The summed E-state index contributed by atoms with van der Waals surface area (Å²) in [5, 5.41) is 20.5. The molecule has 0 amide bonds. The molecule has 6 nitrogen and oxygen atoms in total. The maximum Gasteiger partial charge on any atom is 1.00 e. The van der Waals surface area contributed by atoms with Crippen molar-refractivity contribution in [1.82, 2.24) is 15.4 Å². The van der Waals surface area contributed by atoms with Crippen molar-refractivity contribution in [1.29, 1.82) is 0 Å². The molecule has 1 aromatic carbocycles. The van der Waals surface area contributed by atoms with E-state index in [9.17, 15) is 10.1 Å². The molecule has 0 aliphatic rings. The van der Waals surface area contributed by atoms with Gasteiger partial charge in [-0.1, -0.05) is 0 Å². The van der Waals surface area contributed by atoms with Gasteiger partial charge in [0.1, 0.15) is 11.0 Å². The Labute approximate surface area is 94.3 Å². The van der Waals surface area contributed by atoms with Gasteiger partial charge in [0.25, 0.3) is 5.69 Å². The van der Waals surface area contributed by atoms with E-state index in [4.69, 9.17) is 0 Å². The summed E-state index contributed by atoms with van der Waals surface area (Å²) in [4.78, 5) is 10.1. The summed E-state index contributed by atoms with van der Waals surface area (Å²) in [6, 6.07) is 3.05. The number of hydrogen-bond donors (Lipinski definition) is 1. The summed E-state index contributed by atoms with van der Waals surface area (Å²) >= 11 is 0. The molecule has 2 aromatic rings. The van der Waals surface area contributed by atoms with Crippen LogP contribution in [0.1, 0.15) is 5.56 Å². The first-order valence-corrected chi connectivity index (χ1v) is 3.64. The third kappa shape index (κ3) is 1.67. The molecule has 0 unspecified atom stereocenters. The normalized spacial score (nSPS) is 9.79. The second kappa shape index (κ2) is 3.87. The number of H-pyrrole nitrogens is 1. The first-order chi connectivity index (χ1) is 6.18. The van der Waals surface area contributed by atoms with E-state index in [0.29, 0.717) is 16.6 Å². The summed E-state index contributed by atoms with van der Waals surface area (Å²) in [5.41, 5.74) is 1.81. The minimum Gasteiger partial charge on any atom is -0.258 e. The van der Waals surface area contributed by atoms with Crippen molar-refractivity contribution in [2.45, 2.75) is 6.92 Å². The van der Waals surface area contributed by atoms with E-state index in [-0.39, 0.29) is 28.1 Å². The Kier molecular flexibility index (Phi) is 3.00. The molecule has 0 saturated heterocycles. The Balaban J connectivity index is 0.000000980. The zero-order valence-electron chi connectivity index (χ0n) is 7.11. The Morgan fingerprint density at radius 3 is 2.50 bits per heavy atom. The van der Waals surface area contributed by atoms with Gasteiger partial charge in [0, 0.05) is 11.6 Å². The van der Waals surface area contributed by atoms with E-state index < -0.39 is 4.92 Å². The van der Waals surface area contributed by atoms with E-state index in [2.05, 4.69) is 15.4 Å². The molecule has 14 heavy (non-hydrogen) atoms. The largest absolute Gasteiger partial charge is 1.00 e. The van der Waals surface area contributed by atoms with Crippen LogP contribution >= 0.6 is 0 Å². The summed E-state index contributed by atoms with van der Waals surface area (Å²) in [7, 11) is 0. The number of hydrogen-bond acceptors (Lipinski definition) is 4. The smallest absolute Gasteiger partial charge is 0.258 e. The number of aromatic nitrogens is 3. The molecule has 1 heterocycles. The Hall–Kier alpha value is -1.24. The van der Waals surface area contributed by atoms with E-state index in [1.54, 1.807) is 13.0 Å². The van der Waals surface area contributed by atoms with Crippen LogP contribution in [0.2, 0.25) is 0 Å². The fraction of sp³-hybridized carbons (Fsp3) is 0.143. The SMILES string of the molecule is Cc1cc2n[nH]nc2cc1[N+](=O)[O-].[Ag+]. The van der Waals surface area contributed by atoms with Crippen LogP contribution in [0.3, 0.4) is 0 Å². The monoisotopic (exact) mass is 285 g/mol. The van der Waals surface area contributed by atoms with Crippen molar-refractivity contribution >= 4 is 16.7 Å². The van der Waals surface area contributed by atoms with Gasteiger partial charge in [-0.3, -0.25) is 10.1 Å². The molecule has 2 rings (SSSR count). The molecule has 0 fully saturated rings. The number of nitrogens with zero attached hydrogens (tertiary/aromatic N) is 3. The van der Waals surface area contributed by atoms with E-state index >= 15 is 0 Å². The number of rotatable bonds is 1. The van der Waals surface area contributed by atoms with Gasteiger partial charge in [-0.2, -0.15) is 15.4 Å². The zero-order valence-corrected chi connectivity index (χ0v) is 8.60. The fourth-order valence-corrected chi connectivity index (χ4v) is 1.18. The average Bonchev–Trinajstić information content (AvgIpc) is 2.48. The average molecular weight is 286 g/mol. The number of aromatic amines is 1. The van der Waals surface area contributed by atoms with E-state index in [0.717, 1.165) is 0 Å². The van der Waals surface area contributed by atoms with E-state index in [1.807, 2.05) is 0 Å². The number of nitro benzene ring substituents is 1. The van der Waals surface area contributed by atoms with Gasteiger partial charge in [-0.05, 0) is 13.0 Å². The minimum absolute atomic E-state index is 0. The fourth-order valence-electron chi connectivity index (χ4n) is 1.18. The van der Waals surface area contributed by atoms with Gasteiger partial charge in [0.05, 0.1) is 4.92 Å². The first kappa shape index (κ1) is 10.8. The van der Waals surface area contributed by atoms with Crippen molar-refractivity contribution in [3.05, 3.63) is 27.8 Å². The van der Waals surface area contributed by atoms with E-state index in [1.165, 1.54) is 6.07 Å². The Morgan fingerprint density at radius 1 is 1.36 bits per heavy atom. The number of fused-ring (bicyclic) bond motifs is 1. The molecule has 0 aliphatic carbocycles. The van der Waals surface area contributed by atoms with Crippen LogP contribution in [0.25, 0.3) is 11.0 Å². The van der Waals surface area contributed by atoms with Gasteiger partial charge in [0.15, 0.2) is 0 Å². The number of nitro groups is 1. The van der Waals surface area contributed by atoms with Gasteiger partial charge in [-0.25, -0.2) is 0 Å². The second-order valence-electron chi connectivity index (χ2n) is 2.71. The summed E-state index contributed by atoms with van der Waals surface area (Å²) < 4.78 is 0. The van der Waals surface area contributed by atoms with Crippen LogP contribution in [0, 0.1) is 17.0 Å². The molecule has 0 radical (unpaired) electrons. The van der Waals surface area contributed by atoms with Crippen LogP contribution in [0.4, 0.5) is 5.69 Å². The molecule has 7 heteroatoms. The van der Waals surface area contributed by atoms with Crippen LogP contribution in [0.15, 0.2) is 12.1 Å². The van der Waals surface area contributed by atoms with Crippen LogP contribution in [-0.4, -0.2) is 20.3 Å². The molecule has 1 N–H and O–H groups in total. The minimum atomic E-state index is -0.427. The predicted molar refractivity (Wildman–Crippen MR) is 45.3 cm³/mol. The summed E-state index contributed by atoms with van der Waals surface area (Å²) in [5.74, 6) is 0. The molecular weight excluding hydrogens is 280 g/mol. The standard InChI is InChI=1S/C7H6N4O2.Ag/c1-4-2-5-6(9-10-8-5)3-7(4)11(12)13;/h2-3H,1H3,(H,8,9,10);/q;+1. The first-order valence-electron chi connectivity index (χ1n) is 3.64. The maximum absolute atomic E-state index is 10.5. The Bertz CT molecular complexity index is 481. The third-order valence-corrected chi connectivity index (χ3v) is 1.83. The third-order valence-electron chi connectivity index (χ3n) is 1.83. The number of nitrogens with one attached hydrogen (secondary N) is 1. The zero-order chi connectivity index (χ0) is 9.42. The molecule has 1 aromatic heterocycles. The van der Waals surface area contributed by atoms with Gasteiger partial charge < -0.3 is 0 Å². The van der Waals surface area contributed by atoms with Crippen molar-refractivity contribution < 1.29 is 27.3 Å². The molecule has 76 valence electrons. The van der Waals surface area contributed by atoms with Gasteiger partial charge >= 0.3 is 22.4 Å². The van der Waals surface area contributed by atoms with Gasteiger partial charge in [-0.15, -0.1) is 0 Å². The molecule has 0 saturated carbocycles. The molecule has 0 spiro atoms. The molecule has 0 atom stereocenters. The van der Waals surface area contributed by atoms with Crippen molar-refractivity contribution in [3.8, 4) is 0 Å². The summed E-state index contributed by atoms with van der Waals surface area (Å²) in [6.07, 6.45) is 0. The van der Waals surface area contributed by atoms with Crippen molar-refractivity contribution in [2.75, 3.05) is 0 Å². The van der Waals surface area contributed by atoms with Gasteiger partial charge in [0.2, 0.25) is 0 Å². The van der Waals surface area contributed by atoms with Crippen LogP contribution in [0.5, 0.6) is 0 Å². The van der Waals surface area contributed by atoms with Crippen molar-refractivity contribution in [2.24, 2.45) is 0 Å².